The Balaban J connectivity index is 1.93. The molecule has 5 heteroatoms. The van der Waals surface area contributed by atoms with Crippen molar-refractivity contribution in [1.29, 1.82) is 0 Å². The number of rotatable bonds is 2. The number of halogens is 1. The van der Waals surface area contributed by atoms with Crippen molar-refractivity contribution in [3.05, 3.63) is 65.9 Å². The first-order valence-corrected chi connectivity index (χ1v) is 6.14. The normalized spacial score (nSPS) is 10.7. The highest BCUT2D eigenvalue weighted by molar-refractivity contribution is 6.03. The molecule has 2 heterocycles. The highest BCUT2D eigenvalue weighted by atomic mass is 19.1. The molecule has 0 aliphatic heterocycles. The van der Waals surface area contributed by atoms with Crippen LogP contribution in [0.1, 0.15) is 16.1 Å². The van der Waals surface area contributed by atoms with Crippen molar-refractivity contribution in [1.82, 2.24) is 9.38 Å². The first-order valence-electron chi connectivity index (χ1n) is 6.14. The van der Waals surface area contributed by atoms with Crippen LogP contribution in [0.15, 0.2) is 48.8 Å². The number of fused-ring (bicyclic) bond motifs is 1. The van der Waals surface area contributed by atoms with Gasteiger partial charge in [0.2, 0.25) is 0 Å². The zero-order valence-electron chi connectivity index (χ0n) is 10.8. The van der Waals surface area contributed by atoms with Crippen molar-refractivity contribution in [3.8, 4) is 0 Å². The second kappa shape index (κ2) is 4.77. The summed E-state index contributed by atoms with van der Waals surface area (Å²) in [5.74, 6) is -0.663. The highest BCUT2D eigenvalue weighted by Gasteiger charge is 2.12. The van der Waals surface area contributed by atoms with E-state index in [9.17, 15) is 9.18 Å². The minimum atomic E-state index is -0.381. The minimum Gasteiger partial charge on any atom is -0.321 e. The van der Waals surface area contributed by atoms with Crippen molar-refractivity contribution < 1.29 is 9.18 Å². The molecule has 0 unspecified atom stereocenters. The Labute approximate surface area is 114 Å². The number of benzene rings is 1. The molecule has 1 N–H and O–H groups in total. The van der Waals surface area contributed by atoms with Gasteiger partial charge in [-0.15, -0.1) is 0 Å². The molecule has 0 atom stereocenters. The lowest BCUT2D eigenvalue weighted by atomic mass is 10.2. The first-order chi connectivity index (χ1) is 9.63. The molecule has 3 rings (SSSR count). The van der Waals surface area contributed by atoms with Crippen LogP contribution >= 0.6 is 0 Å². The third-order valence-corrected chi connectivity index (χ3v) is 2.98. The molecule has 0 spiro atoms. The molecule has 3 aromatic rings. The summed E-state index contributed by atoms with van der Waals surface area (Å²) in [7, 11) is 0. The largest absolute Gasteiger partial charge is 0.321 e. The van der Waals surface area contributed by atoms with Crippen LogP contribution in [-0.4, -0.2) is 15.3 Å². The van der Waals surface area contributed by atoms with Gasteiger partial charge < -0.3 is 5.32 Å². The minimum absolute atomic E-state index is 0.283. The van der Waals surface area contributed by atoms with Gasteiger partial charge in [0.05, 0.1) is 6.20 Å². The van der Waals surface area contributed by atoms with Crippen LogP contribution in [-0.2, 0) is 0 Å². The van der Waals surface area contributed by atoms with E-state index in [2.05, 4.69) is 10.3 Å². The van der Waals surface area contributed by atoms with Crippen LogP contribution < -0.4 is 5.32 Å². The maximum Gasteiger partial charge on any atom is 0.274 e. The molecule has 0 fully saturated rings. The number of anilines is 1. The summed E-state index contributed by atoms with van der Waals surface area (Å²) in [5.41, 5.74) is 2.54. The number of pyridine rings is 1. The summed E-state index contributed by atoms with van der Waals surface area (Å²) in [5, 5.41) is 2.80. The van der Waals surface area contributed by atoms with Crippen LogP contribution in [0.25, 0.3) is 5.65 Å². The number of carbonyl (C=O) groups is 1. The van der Waals surface area contributed by atoms with Gasteiger partial charge in [-0.2, -0.15) is 0 Å². The fourth-order valence-electron chi connectivity index (χ4n) is 2.04. The lowest BCUT2D eigenvalue weighted by Gasteiger charge is -2.05. The molecule has 0 bridgehead atoms. The summed E-state index contributed by atoms with van der Waals surface area (Å²) in [4.78, 5) is 16.2. The molecular weight excluding hydrogens is 257 g/mol. The zero-order valence-corrected chi connectivity index (χ0v) is 10.8. The number of hydrogen-bond acceptors (Lipinski definition) is 2. The first kappa shape index (κ1) is 12.3. The number of nitrogens with zero attached hydrogens (tertiary/aromatic N) is 2. The smallest absolute Gasteiger partial charge is 0.274 e. The standard InChI is InChI=1S/C15H12FN3O/c1-10-3-2-4-12(7-10)18-15(20)13-9-17-14-8-11(16)5-6-19(13)14/h2-9H,1H3,(H,18,20). The maximum absolute atomic E-state index is 13.1. The highest BCUT2D eigenvalue weighted by Crippen LogP contribution is 2.13. The Kier molecular flexibility index (Phi) is 2.95. The zero-order chi connectivity index (χ0) is 14.1. The molecule has 0 saturated heterocycles. The van der Waals surface area contributed by atoms with Gasteiger partial charge in [-0.25, -0.2) is 9.37 Å². The predicted molar refractivity (Wildman–Crippen MR) is 74.3 cm³/mol. The molecule has 100 valence electrons. The second-order valence-electron chi connectivity index (χ2n) is 4.54. The Bertz CT molecular complexity index is 795. The van der Waals surface area contributed by atoms with E-state index in [-0.39, 0.29) is 11.7 Å². The fourth-order valence-corrected chi connectivity index (χ4v) is 2.04. The van der Waals surface area contributed by atoms with Crippen LogP contribution in [0.5, 0.6) is 0 Å². The van der Waals surface area contributed by atoms with Crippen LogP contribution in [0.2, 0.25) is 0 Å². The van der Waals surface area contributed by atoms with Crippen molar-refractivity contribution in [2.24, 2.45) is 0 Å². The Morgan fingerprint density at radius 3 is 2.95 bits per heavy atom. The Hall–Kier alpha value is -2.69. The van der Waals surface area contributed by atoms with Crippen LogP contribution in [0.3, 0.4) is 0 Å². The number of hydrogen-bond donors (Lipinski definition) is 1. The Morgan fingerprint density at radius 2 is 2.15 bits per heavy atom. The molecule has 1 aromatic carbocycles. The maximum atomic E-state index is 13.1. The molecule has 0 aliphatic rings. The van der Waals surface area contributed by atoms with Crippen LogP contribution in [0, 0.1) is 12.7 Å². The van der Waals surface area contributed by atoms with Crippen molar-refractivity contribution in [3.63, 3.8) is 0 Å². The summed E-state index contributed by atoms with van der Waals surface area (Å²) >= 11 is 0. The van der Waals surface area contributed by atoms with E-state index in [0.29, 0.717) is 17.0 Å². The molecule has 20 heavy (non-hydrogen) atoms. The third-order valence-electron chi connectivity index (χ3n) is 2.98. The van der Waals surface area contributed by atoms with Crippen molar-refractivity contribution in [2.45, 2.75) is 6.92 Å². The van der Waals surface area contributed by atoms with E-state index in [0.717, 1.165) is 5.56 Å². The summed E-state index contributed by atoms with van der Waals surface area (Å²) in [6, 6.07) is 10.1. The van der Waals surface area contributed by atoms with Crippen LogP contribution in [0.4, 0.5) is 10.1 Å². The van der Waals surface area contributed by atoms with Crippen molar-refractivity contribution in [2.75, 3.05) is 5.32 Å². The lowest BCUT2D eigenvalue weighted by Crippen LogP contribution is -2.14. The fraction of sp³-hybridized carbons (Fsp3) is 0.0667. The Morgan fingerprint density at radius 1 is 1.30 bits per heavy atom. The molecule has 4 nitrogen and oxygen atoms in total. The van der Waals surface area contributed by atoms with Gasteiger partial charge >= 0.3 is 0 Å². The molecule has 0 saturated carbocycles. The molecular formula is C15H12FN3O. The summed E-state index contributed by atoms with van der Waals surface area (Å²) in [6.07, 6.45) is 2.92. The van der Waals surface area contributed by atoms with Gasteiger partial charge in [0.15, 0.2) is 0 Å². The van der Waals surface area contributed by atoms with E-state index in [1.54, 1.807) is 4.40 Å². The average Bonchev–Trinajstić information content (AvgIpc) is 2.81. The number of carbonyl (C=O) groups excluding carboxylic acids is 1. The molecule has 1 amide bonds. The summed E-state index contributed by atoms with van der Waals surface area (Å²) < 4.78 is 14.6. The SMILES string of the molecule is Cc1cccc(NC(=O)c2cnc3cc(F)ccn23)c1. The monoisotopic (exact) mass is 269 g/mol. The van der Waals surface area contributed by atoms with Crippen molar-refractivity contribution >= 4 is 17.2 Å². The molecule has 2 aromatic heterocycles. The predicted octanol–water partition coefficient (Wildman–Crippen LogP) is 3.03. The lowest BCUT2D eigenvalue weighted by molar-refractivity contribution is 0.102. The van der Waals surface area contributed by atoms with E-state index >= 15 is 0 Å². The van der Waals surface area contributed by atoms with E-state index in [4.69, 9.17) is 0 Å². The summed E-state index contributed by atoms with van der Waals surface area (Å²) in [6.45, 7) is 1.95. The number of imidazole rings is 1. The number of aryl methyl sites for hydroxylation is 1. The number of aromatic nitrogens is 2. The van der Waals surface area contributed by atoms with E-state index < -0.39 is 0 Å². The van der Waals surface area contributed by atoms with Gasteiger partial charge in [0.25, 0.3) is 5.91 Å². The van der Waals surface area contributed by atoms with E-state index in [1.165, 1.54) is 24.5 Å². The molecule has 0 radical (unpaired) electrons. The average molecular weight is 269 g/mol. The number of amides is 1. The second-order valence-corrected chi connectivity index (χ2v) is 4.54. The van der Waals surface area contributed by atoms with Gasteiger partial charge in [0, 0.05) is 18.0 Å². The molecule has 0 aliphatic carbocycles. The van der Waals surface area contributed by atoms with Gasteiger partial charge in [-0.1, -0.05) is 12.1 Å². The quantitative estimate of drug-likeness (QED) is 0.777. The number of nitrogens with one attached hydrogen (secondary N) is 1. The van der Waals surface area contributed by atoms with Gasteiger partial charge in [-0.3, -0.25) is 9.20 Å². The van der Waals surface area contributed by atoms with Gasteiger partial charge in [0.1, 0.15) is 17.2 Å². The topological polar surface area (TPSA) is 46.4 Å². The third kappa shape index (κ3) is 2.25. The van der Waals surface area contributed by atoms with E-state index in [1.807, 2.05) is 31.2 Å². The van der Waals surface area contributed by atoms with Gasteiger partial charge in [-0.05, 0) is 30.7 Å².